The van der Waals surface area contributed by atoms with Crippen LogP contribution in [0.4, 0.5) is 4.39 Å². The summed E-state index contributed by atoms with van der Waals surface area (Å²) in [6.07, 6.45) is 1.36. The van der Waals surface area contributed by atoms with E-state index < -0.39 is 0 Å². The van der Waals surface area contributed by atoms with E-state index in [0.29, 0.717) is 30.0 Å². The average molecular weight is 350 g/mol. The Kier molecular flexibility index (Phi) is 6.43. The lowest BCUT2D eigenvalue weighted by Gasteiger charge is -2.03. The van der Waals surface area contributed by atoms with Gasteiger partial charge in [-0.2, -0.15) is 0 Å². The second-order valence-corrected chi connectivity index (χ2v) is 6.34. The summed E-state index contributed by atoms with van der Waals surface area (Å²) in [7, 11) is 1.34. The van der Waals surface area contributed by atoms with Crippen molar-refractivity contribution in [2.45, 2.75) is 26.2 Å². The molecule has 0 bridgehead atoms. The predicted molar refractivity (Wildman–Crippen MR) is 89.6 cm³/mol. The Morgan fingerprint density at radius 3 is 2.67 bits per heavy atom. The molecule has 0 aliphatic heterocycles. The number of nitrogens with one attached hydrogen (secondary N) is 1. The fourth-order valence-electron chi connectivity index (χ4n) is 2.13. The van der Waals surface area contributed by atoms with Crippen molar-refractivity contribution < 1.29 is 18.7 Å². The van der Waals surface area contributed by atoms with E-state index >= 15 is 0 Å². The minimum absolute atomic E-state index is 0.194. The number of esters is 1. The second-order valence-electron chi connectivity index (χ2n) is 5.26. The van der Waals surface area contributed by atoms with Gasteiger partial charge in [-0.1, -0.05) is 12.1 Å². The first kappa shape index (κ1) is 18.1. The number of aryl methyl sites for hydroxylation is 1. The van der Waals surface area contributed by atoms with Gasteiger partial charge in [0.05, 0.1) is 17.8 Å². The largest absolute Gasteiger partial charge is 0.469 e. The van der Waals surface area contributed by atoms with Crippen LogP contribution in [0.1, 0.15) is 38.8 Å². The molecule has 0 atom stereocenters. The smallest absolute Gasteiger partial charge is 0.305 e. The molecule has 1 amide bonds. The Bertz CT molecular complexity index is 713. The zero-order valence-electron chi connectivity index (χ0n) is 13.6. The van der Waals surface area contributed by atoms with Crippen LogP contribution in [0.25, 0.3) is 0 Å². The van der Waals surface area contributed by atoms with Crippen molar-refractivity contribution in [3.63, 3.8) is 0 Å². The first-order chi connectivity index (χ1) is 11.5. The minimum Gasteiger partial charge on any atom is -0.469 e. The van der Waals surface area contributed by atoms with E-state index in [-0.39, 0.29) is 24.1 Å². The van der Waals surface area contributed by atoms with Gasteiger partial charge in [0, 0.05) is 19.4 Å². The molecule has 1 heterocycles. The Morgan fingerprint density at radius 1 is 1.29 bits per heavy atom. The molecule has 0 unspecified atom stereocenters. The highest BCUT2D eigenvalue weighted by atomic mass is 32.1. The highest BCUT2D eigenvalue weighted by molar-refractivity contribution is 7.13. The van der Waals surface area contributed by atoms with Crippen LogP contribution in [-0.4, -0.2) is 30.5 Å². The SMILES string of the molecule is COC(=O)CCCNC(=O)c1sc(Cc2ccc(F)cc2)nc1C. The van der Waals surface area contributed by atoms with E-state index in [1.807, 2.05) is 0 Å². The summed E-state index contributed by atoms with van der Waals surface area (Å²) in [6.45, 7) is 2.19. The average Bonchev–Trinajstić information content (AvgIpc) is 2.93. The standard InChI is InChI=1S/C17H19FN2O3S/c1-11-16(17(22)19-9-3-4-15(21)23-2)24-14(20-11)10-12-5-7-13(18)8-6-12/h5-8H,3-4,9-10H2,1-2H3,(H,19,22). The third kappa shape index (κ3) is 5.13. The van der Waals surface area contributed by atoms with E-state index in [1.54, 1.807) is 19.1 Å². The summed E-state index contributed by atoms with van der Waals surface area (Å²) in [4.78, 5) is 28.2. The van der Waals surface area contributed by atoms with Gasteiger partial charge >= 0.3 is 5.97 Å². The molecule has 2 rings (SSSR count). The number of benzene rings is 1. The molecule has 2 aromatic rings. The van der Waals surface area contributed by atoms with E-state index in [9.17, 15) is 14.0 Å². The Labute approximate surface area is 143 Å². The van der Waals surface area contributed by atoms with Crippen LogP contribution >= 0.6 is 11.3 Å². The van der Waals surface area contributed by atoms with Gasteiger partial charge in [-0.25, -0.2) is 9.37 Å². The first-order valence-electron chi connectivity index (χ1n) is 7.55. The molecule has 1 aromatic heterocycles. The fourth-order valence-corrected chi connectivity index (χ4v) is 3.15. The number of methoxy groups -OCH3 is 1. The minimum atomic E-state index is -0.292. The molecule has 5 nitrogen and oxygen atoms in total. The van der Waals surface area contributed by atoms with Gasteiger partial charge in [-0.05, 0) is 31.0 Å². The number of amides is 1. The van der Waals surface area contributed by atoms with Crippen molar-refractivity contribution >= 4 is 23.2 Å². The molecular weight excluding hydrogens is 331 g/mol. The highest BCUT2D eigenvalue weighted by Gasteiger charge is 2.15. The molecule has 0 saturated carbocycles. The van der Waals surface area contributed by atoms with E-state index in [4.69, 9.17) is 0 Å². The molecule has 1 N–H and O–H groups in total. The van der Waals surface area contributed by atoms with Crippen molar-refractivity contribution in [2.24, 2.45) is 0 Å². The van der Waals surface area contributed by atoms with Gasteiger partial charge in [-0.15, -0.1) is 11.3 Å². The van der Waals surface area contributed by atoms with Gasteiger partial charge in [0.15, 0.2) is 0 Å². The van der Waals surface area contributed by atoms with Crippen LogP contribution in [0.15, 0.2) is 24.3 Å². The van der Waals surface area contributed by atoms with Crippen molar-refractivity contribution in [1.82, 2.24) is 10.3 Å². The molecule has 24 heavy (non-hydrogen) atoms. The van der Waals surface area contributed by atoms with Gasteiger partial charge in [0.2, 0.25) is 0 Å². The van der Waals surface area contributed by atoms with Crippen LogP contribution in [0.5, 0.6) is 0 Å². The zero-order valence-corrected chi connectivity index (χ0v) is 14.4. The number of hydrogen-bond donors (Lipinski definition) is 1. The fraction of sp³-hybridized carbons (Fsp3) is 0.353. The van der Waals surface area contributed by atoms with E-state index in [1.165, 1.54) is 30.6 Å². The number of carbonyl (C=O) groups is 2. The van der Waals surface area contributed by atoms with Crippen LogP contribution in [0, 0.1) is 12.7 Å². The highest BCUT2D eigenvalue weighted by Crippen LogP contribution is 2.21. The summed E-state index contributed by atoms with van der Waals surface area (Å²) < 4.78 is 17.5. The lowest BCUT2D eigenvalue weighted by atomic mass is 10.1. The summed E-state index contributed by atoms with van der Waals surface area (Å²) in [6, 6.07) is 6.23. The molecule has 0 aliphatic carbocycles. The second kappa shape index (κ2) is 8.54. The Hall–Kier alpha value is -2.28. The number of hydrogen-bond acceptors (Lipinski definition) is 5. The van der Waals surface area contributed by atoms with Gasteiger partial charge in [0.1, 0.15) is 10.7 Å². The van der Waals surface area contributed by atoms with Gasteiger partial charge < -0.3 is 10.1 Å². The monoisotopic (exact) mass is 350 g/mol. The summed E-state index contributed by atoms with van der Waals surface area (Å²) >= 11 is 1.33. The molecule has 0 saturated heterocycles. The molecule has 0 radical (unpaired) electrons. The number of carbonyl (C=O) groups excluding carboxylic acids is 2. The number of thiazole rings is 1. The van der Waals surface area contributed by atoms with E-state index in [0.717, 1.165) is 10.6 Å². The van der Waals surface area contributed by atoms with E-state index in [2.05, 4.69) is 15.0 Å². The number of ether oxygens (including phenoxy) is 1. The topological polar surface area (TPSA) is 68.3 Å². The third-order valence-electron chi connectivity index (χ3n) is 3.39. The van der Waals surface area contributed by atoms with Crippen LogP contribution in [0.3, 0.4) is 0 Å². The Morgan fingerprint density at radius 2 is 2.00 bits per heavy atom. The Balaban J connectivity index is 1.91. The van der Waals surface area contributed by atoms with Gasteiger partial charge in [0.25, 0.3) is 5.91 Å². The van der Waals surface area contributed by atoms with Crippen LogP contribution in [0.2, 0.25) is 0 Å². The summed E-state index contributed by atoms with van der Waals surface area (Å²) in [5.41, 5.74) is 1.61. The summed E-state index contributed by atoms with van der Waals surface area (Å²) in [5, 5.41) is 3.58. The number of rotatable bonds is 7. The lowest BCUT2D eigenvalue weighted by Crippen LogP contribution is -2.24. The molecule has 0 spiro atoms. The molecule has 0 aliphatic rings. The van der Waals surface area contributed by atoms with Crippen LogP contribution < -0.4 is 5.32 Å². The molecule has 1 aromatic carbocycles. The van der Waals surface area contributed by atoms with Gasteiger partial charge in [-0.3, -0.25) is 9.59 Å². The maximum atomic E-state index is 12.9. The molecule has 0 fully saturated rings. The molecule has 7 heteroatoms. The zero-order chi connectivity index (χ0) is 17.5. The lowest BCUT2D eigenvalue weighted by molar-refractivity contribution is -0.140. The van der Waals surface area contributed by atoms with Crippen molar-refractivity contribution in [3.05, 3.63) is 51.2 Å². The first-order valence-corrected chi connectivity index (χ1v) is 8.37. The number of aromatic nitrogens is 1. The van der Waals surface area contributed by atoms with Crippen molar-refractivity contribution in [3.8, 4) is 0 Å². The quantitative estimate of drug-likeness (QED) is 0.616. The predicted octanol–water partition coefficient (Wildman–Crippen LogP) is 2.86. The summed E-state index contributed by atoms with van der Waals surface area (Å²) in [5.74, 6) is -0.763. The van der Waals surface area contributed by atoms with Crippen molar-refractivity contribution in [1.29, 1.82) is 0 Å². The van der Waals surface area contributed by atoms with Crippen molar-refractivity contribution in [2.75, 3.05) is 13.7 Å². The maximum absolute atomic E-state index is 12.9. The number of nitrogens with zero attached hydrogens (tertiary/aromatic N) is 1. The molecular formula is C17H19FN2O3S. The third-order valence-corrected chi connectivity index (χ3v) is 4.54. The normalized spacial score (nSPS) is 10.5. The molecule has 128 valence electrons. The van der Waals surface area contributed by atoms with Crippen LogP contribution in [-0.2, 0) is 16.0 Å². The maximum Gasteiger partial charge on any atom is 0.305 e. The number of halogens is 1.